The summed E-state index contributed by atoms with van der Waals surface area (Å²) in [5.74, 6) is -0.412. The molecule has 0 radical (unpaired) electrons. The lowest BCUT2D eigenvalue weighted by Gasteiger charge is -2.23. The lowest BCUT2D eigenvalue weighted by Crippen LogP contribution is -2.41. The Morgan fingerprint density at radius 3 is 2.29 bits per heavy atom. The summed E-state index contributed by atoms with van der Waals surface area (Å²) in [6.07, 6.45) is 0. The van der Waals surface area contributed by atoms with Gasteiger partial charge in [-0.1, -0.05) is 35.9 Å². The number of aryl methyl sites for hydroxylation is 2. The van der Waals surface area contributed by atoms with Gasteiger partial charge in [-0.25, -0.2) is 8.42 Å². The minimum Gasteiger partial charge on any atom is -0.314 e. The van der Waals surface area contributed by atoms with E-state index in [0.717, 1.165) is 22.4 Å². The van der Waals surface area contributed by atoms with Gasteiger partial charge in [0.2, 0.25) is 5.91 Å². The molecule has 2 aromatic rings. The largest absolute Gasteiger partial charge is 0.314 e. The maximum Gasteiger partial charge on any atom is 0.238 e. The van der Waals surface area contributed by atoms with Crippen molar-refractivity contribution in [3.8, 4) is 0 Å². The first-order valence-corrected chi connectivity index (χ1v) is 9.50. The number of para-hydroxylation sites is 1. The number of sulfone groups is 1. The number of hydrogen-bond acceptors (Lipinski definition) is 3. The molecule has 0 bridgehead atoms. The topological polar surface area (TPSA) is 54.5 Å². The van der Waals surface area contributed by atoms with Gasteiger partial charge in [0.05, 0.1) is 21.8 Å². The predicted molar refractivity (Wildman–Crippen MR) is 95.2 cm³/mol. The molecule has 1 heterocycles. The fraction of sp³-hybridized carbons (Fsp3) is 0.316. The van der Waals surface area contributed by atoms with E-state index in [4.69, 9.17) is 0 Å². The number of rotatable bonds is 3. The predicted octanol–water partition coefficient (Wildman–Crippen LogP) is 3.01. The van der Waals surface area contributed by atoms with Gasteiger partial charge in [-0.15, -0.1) is 0 Å². The van der Waals surface area contributed by atoms with Crippen molar-refractivity contribution in [2.24, 2.45) is 0 Å². The average Bonchev–Trinajstić information content (AvgIpc) is 2.70. The first kappa shape index (κ1) is 16.7. The molecule has 4 nitrogen and oxygen atoms in total. The van der Waals surface area contributed by atoms with Crippen molar-refractivity contribution in [3.63, 3.8) is 0 Å². The van der Waals surface area contributed by atoms with E-state index in [2.05, 4.69) is 0 Å². The van der Waals surface area contributed by atoms with E-state index in [0.29, 0.717) is 0 Å². The van der Waals surface area contributed by atoms with Crippen molar-refractivity contribution in [1.82, 2.24) is 0 Å². The van der Waals surface area contributed by atoms with Gasteiger partial charge in [0, 0.05) is 7.05 Å². The lowest BCUT2D eigenvalue weighted by atomic mass is 9.85. The molecule has 2 aromatic carbocycles. The fourth-order valence-corrected chi connectivity index (χ4v) is 5.24. The lowest BCUT2D eigenvalue weighted by molar-refractivity contribution is -0.121. The number of nitrogens with zero attached hydrogens (tertiary/aromatic N) is 1. The van der Waals surface area contributed by atoms with Crippen LogP contribution in [0.4, 0.5) is 5.69 Å². The summed E-state index contributed by atoms with van der Waals surface area (Å²) in [4.78, 5) is 14.7. The van der Waals surface area contributed by atoms with Crippen LogP contribution < -0.4 is 4.90 Å². The van der Waals surface area contributed by atoms with Gasteiger partial charge in [-0.05, 0) is 44.0 Å². The summed E-state index contributed by atoms with van der Waals surface area (Å²) < 4.78 is 25.8. The molecule has 0 aromatic heterocycles. The molecule has 0 N–H and O–H groups in total. The molecule has 24 heavy (non-hydrogen) atoms. The van der Waals surface area contributed by atoms with Crippen molar-refractivity contribution in [2.45, 2.75) is 31.1 Å². The number of amides is 1. The van der Waals surface area contributed by atoms with Crippen LogP contribution in [0.5, 0.6) is 0 Å². The van der Waals surface area contributed by atoms with E-state index < -0.39 is 15.3 Å². The summed E-state index contributed by atoms with van der Waals surface area (Å²) in [7, 11) is -1.87. The van der Waals surface area contributed by atoms with Gasteiger partial charge in [0.15, 0.2) is 9.84 Å². The monoisotopic (exact) mass is 343 g/mol. The highest BCUT2D eigenvalue weighted by molar-refractivity contribution is 7.91. The summed E-state index contributed by atoms with van der Waals surface area (Å²) in [5, 5.41) is 0. The highest BCUT2D eigenvalue weighted by Gasteiger charge is 2.49. The molecule has 0 fully saturated rings. The third kappa shape index (κ3) is 2.44. The van der Waals surface area contributed by atoms with Crippen molar-refractivity contribution in [3.05, 3.63) is 59.2 Å². The molecule has 1 amide bonds. The maximum absolute atomic E-state index is 12.9. The van der Waals surface area contributed by atoms with Crippen LogP contribution in [-0.4, -0.2) is 27.1 Å². The maximum atomic E-state index is 12.9. The molecule has 1 atom stereocenters. The molecule has 126 valence electrons. The van der Waals surface area contributed by atoms with Crippen LogP contribution in [0.2, 0.25) is 0 Å². The number of anilines is 1. The Kier molecular flexibility index (Phi) is 3.79. The molecule has 1 aliphatic heterocycles. The Bertz CT molecular complexity index is 916. The second-order valence-electron chi connectivity index (χ2n) is 6.74. The Balaban J connectivity index is 2.08. The minimum atomic E-state index is -3.58. The normalized spacial score (nSPS) is 20.3. The number of likely N-dealkylation sites (N-methyl/N-ethyl adjacent to an activating group) is 1. The van der Waals surface area contributed by atoms with Crippen molar-refractivity contribution < 1.29 is 13.2 Å². The van der Waals surface area contributed by atoms with Crippen LogP contribution in [0.15, 0.2) is 47.4 Å². The first-order chi connectivity index (χ1) is 11.2. The SMILES string of the molecule is Cc1ccc(S(=O)(=O)C[C@@]2(C)C(=O)N(C)c3c(C)cccc32)cc1. The smallest absolute Gasteiger partial charge is 0.238 e. The number of benzene rings is 2. The third-order valence-corrected chi connectivity index (χ3v) is 6.75. The zero-order valence-electron chi connectivity index (χ0n) is 14.3. The van der Waals surface area contributed by atoms with E-state index in [1.807, 2.05) is 32.0 Å². The zero-order valence-corrected chi connectivity index (χ0v) is 15.1. The second kappa shape index (κ2) is 5.45. The minimum absolute atomic E-state index is 0.178. The molecule has 3 rings (SSSR count). The standard InChI is InChI=1S/C19H21NO3S/c1-13-8-10-15(11-9-13)24(22,23)12-19(3)16-7-5-6-14(2)17(16)20(4)18(19)21/h5-11H,12H2,1-4H3/t19-/m1/s1. The van der Waals surface area contributed by atoms with Gasteiger partial charge in [-0.2, -0.15) is 0 Å². The Morgan fingerprint density at radius 2 is 1.67 bits per heavy atom. The Hall–Kier alpha value is -2.14. The quantitative estimate of drug-likeness (QED) is 0.861. The fourth-order valence-electron chi connectivity index (χ4n) is 3.48. The van der Waals surface area contributed by atoms with Gasteiger partial charge < -0.3 is 4.90 Å². The van der Waals surface area contributed by atoms with Crippen LogP contribution in [0.1, 0.15) is 23.6 Å². The number of fused-ring (bicyclic) bond motifs is 1. The van der Waals surface area contributed by atoms with Crippen molar-refractivity contribution in [2.75, 3.05) is 17.7 Å². The molecule has 0 saturated carbocycles. The summed E-state index contributed by atoms with van der Waals surface area (Å²) >= 11 is 0. The first-order valence-electron chi connectivity index (χ1n) is 7.84. The molecule has 1 aliphatic rings. The molecule has 0 unspecified atom stereocenters. The highest BCUT2D eigenvalue weighted by atomic mass is 32.2. The van der Waals surface area contributed by atoms with E-state index in [-0.39, 0.29) is 16.6 Å². The third-order valence-electron chi connectivity index (χ3n) is 4.80. The van der Waals surface area contributed by atoms with E-state index in [9.17, 15) is 13.2 Å². The van der Waals surface area contributed by atoms with Gasteiger partial charge >= 0.3 is 0 Å². The van der Waals surface area contributed by atoms with Gasteiger partial charge in [0.25, 0.3) is 0 Å². The molecule has 0 saturated heterocycles. The van der Waals surface area contributed by atoms with Crippen molar-refractivity contribution in [1.29, 1.82) is 0 Å². The van der Waals surface area contributed by atoms with Crippen LogP contribution in [0.25, 0.3) is 0 Å². The number of hydrogen-bond donors (Lipinski definition) is 0. The van der Waals surface area contributed by atoms with Gasteiger partial charge in [0.1, 0.15) is 0 Å². The Labute approximate surface area is 143 Å². The van der Waals surface area contributed by atoms with E-state index >= 15 is 0 Å². The van der Waals surface area contributed by atoms with E-state index in [1.165, 1.54) is 0 Å². The van der Waals surface area contributed by atoms with Crippen LogP contribution in [0.3, 0.4) is 0 Å². The number of carbonyl (C=O) groups excluding carboxylic acids is 1. The summed E-state index contributed by atoms with van der Waals surface area (Å²) in [6.45, 7) is 5.57. The molecule has 0 spiro atoms. The van der Waals surface area contributed by atoms with Crippen LogP contribution >= 0.6 is 0 Å². The second-order valence-corrected chi connectivity index (χ2v) is 8.73. The molecule has 0 aliphatic carbocycles. The Morgan fingerprint density at radius 1 is 1.04 bits per heavy atom. The van der Waals surface area contributed by atoms with Crippen molar-refractivity contribution >= 4 is 21.4 Å². The molecular formula is C19H21NO3S. The van der Waals surface area contributed by atoms with Crippen LogP contribution in [0, 0.1) is 13.8 Å². The average molecular weight is 343 g/mol. The highest BCUT2D eigenvalue weighted by Crippen LogP contribution is 2.44. The molecule has 5 heteroatoms. The summed E-state index contributed by atoms with van der Waals surface area (Å²) in [5.41, 5.74) is 2.51. The molecular weight excluding hydrogens is 322 g/mol. The van der Waals surface area contributed by atoms with Gasteiger partial charge in [-0.3, -0.25) is 4.79 Å². The number of carbonyl (C=O) groups is 1. The summed E-state index contributed by atoms with van der Waals surface area (Å²) in [6, 6.07) is 12.4. The zero-order chi connectivity index (χ0) is 17.7. The van der Waals surface area contributed by atoms with E-state index in [1.54, 1.807) is 43.1 Å². The van der Waals surface area contributed by atoms with Crippen LogP contribution in [-0.2, 0) is 20.0 Å².